The molecule has 0 aromatic heterocycles. The molecule has 0 radical (unpaired) electrons. The van der Waals surface area contributed by atoms with Crippen molar-refractivity contribution < 1.29 is 4.79 Å². The van der Waals surface area contributed by atoms with Gasteiger partial charge in [0.1, 0.15) is 0 Å². The summed E-state index contributed by atoms with van der Waals surface area (Å²) in [5, 5.41) is 0. The lowest BCUT2D eigenvalue weighted by molar-refractivity contribution is -0.129. The molecule has 0 saturated carbocycles. The van der Waals surface area contributed by atoms with Gasteiger partial charge in [0.15, 0.2) is 0 Å². The molecule has 0 aromatic carbocycles. The summed E-state index contributed by atoms with van der Waals surface area (Å²) in [4.78, 5) is 13.8. The molecule has 1 saturated heterocycles. The highest BCUT2D eigenvalue weighted by Gasteiger charge is 2.27. The van der Waals surface area contributed by atoms with Gasteiger partial charge in [0.2, 0.25) is 5.91 Å². The number of amides is 1. The van der Waals surface area contributed by atoms with Crippen LogP contribution in [0.2, 0.25) is 0 Å². The average molecular weight is 214 g/mol. The van der Waals surface area contributed by atoms with Gasteiger partial charge in [0.25, 0.3) is 0 Å². The molecule has 1 aliphatic rings. The summed E-state index contributed by atoms with van der Waals surface area (Å²) < 4.78 is 0. The second kappa shape index (κ2) is 4.26. The molecule has 1 fully saturated rings. The number of nitrogens with two attached hydrogens (primary N) is 1. The molecular weight excluding hydrogens is 196 g/mol. The fraction of sp³-hybridized carbons (Fsp3) is 0.800. The summed E-state index contributed by atoms with van der Waals surface area (Å²) in [7, 11) is 0. The second-order valence-electron chi connectivity index (χ2n) is 4.70. The number of likely N-dealkylation sites (tertiary alicyclic amines) is 1. The van der Waals surface area contributed by atoms with Crippen LogP contribution in [-0.2, 0) is 4.79 Å². The number of nitrogens with zero attached hydrogens (tertiary/aromatic N) is 1. The first-order valence-electron chi connectivity index (χ1n) is 4.97. The molecule has 80 valence electrons. The quantitative estimate of drug-likeness (QED) is 0.705. The number of thiocarbonyl (C=S) groups is 1. The summed E-state index contributed by atoms with van der Waals surface area (Å²) in [6.07, 6.45) is 2.61. The molecule has 0 aromatic rings. The Labute approximate surface area is 90.6 Å². The molecular formula is C10H18N2OS. The van der Waals surface area contributed by atoms with Crippen molar-refractivity contribution in [3.8, 4) is 0 Å². The van der Waals surface area contributed by atoms with Crippen LogP contribution in [0.4, 0.5) is 0 Å². The Morgan fingerprint density at radius 1 is 1.57 bits per heavy atom. The van der Waals surface area contributed by atoms with Crippen LogP contribution >= 0.6 is 12.2 Å². The van der Waals surface area contributed by atoms with Gasteiger partial charge in [-0.3, -0.25) is 4.79 Å². The molecule has 1 aliphatic heterocycles. The summed E-state index contributed by atoms with van der Waals surface area (Å²) >= 11 is 4.81. The van der Waals surface area contributed by atoms with Crippen LogP contribution in [0, 0.1) is 5.41 Å². The van der Waals surface area contributed by atoms with Gasteiger partial charge in [-0.25, -0.2) is 0 Å². The Bertz CT molecular complexity index is 251. The van der Waals surface area contributed by atoms with E-state index in [-0.39, 0.29) is 11.3 Å². The lowest BCUT2D eigenvalue weighted by atomic mass is 9.85. The number of hydrogen-bond donors (Lipinski definition) is 1. The molecule has 2 N–H and O–H groups in total. The van der Waals surface area contributed by atoms with Crippen molar-refractivity contribution in [2.75, 3.05) is 13.1 Å². The number of carbonyl (C=O) groups excluding carboxylic acids is 1. The Morgan fingerprint density at radius 3 is 2.79 bits per heavy atom. The monoisotopic (exact) mass is 214 g/mol. The zero-order valence-corrected chi connectivity index (χ0v) is 9.69. The second-order valence-corrected chi connectivity index (χ2v) is 5.22. The normalized spacial score (nSPS) is 21.9. The Kier molecular flexibility index (Phi) is 3.48. The van der Waals surface area contributed by atoms with Gasteiger partial charge in [-0.15, -0.1) is 0 Å². The maximum absolute atomic E-state index is 11.6. The third kappa shape index (κ3) is 3.25. The SMILES string of the molecule is CC1(C)CCC(=O)N(CC(N)=S)CC1. The zero-order valence-electron chi connectivity index (χ0n) is 8.88. The van der Waals surface area contributed by atoms with Crippen LogP contribution < -0.4 is 5.73 Å². The van der Waals surface area contributed by atoms with Crippen molar-refractivity contribution in [1.29, 1.82) is 0 Å². The molecule has 0 aliphatic carbocycles. The van der Waals surface area contributed by atoms with E-state index in [1.807, 2.05) is 0 Å². The van der Waals surface area contributed by atoms with Crippen LogP contribution in [0.25, 0.3) is 0 Å². The van der Waals surface area contributed by atoms with Crippen molar-refractivity contribution in [2.24, 2.45) is 11.1 Å². The molecule has 1 amide bonds. The Balaban J connectivity index is 2.60. The largest absolute Gasteiger partial charge is 0.392 e. The molecule has 1 heterocycles. The van der Waals surface area contributed by atoms with Gasteiger partial charge in [-0.1, -0.05) is 26.1 Å². The molecule has 1 rings (SSSR count). The van der Waals surface area contributed by atoms with Crippen molar-refractivity contribution in [3.63, 3.8) is 0 Å². The zero-order chi connectivity index (χ0) is 10.8. The first kappa shape index (κ1) is 11.4. The fourth-order valence-corrected chi connectivity index (χ4v) is 1.80. The van der Waals surface area contributed by atoms with Crippen LogP contribution in [0.3, 0.4) is 0 Å². The topological polar surface area (TPSA) is 46.3 Å². The van der Waals surface area contributed by atoms with Crippen molar-refractivity contribution >= 4 is 23.1 Å². The number of rotatable bonds is 2. The van der Waals surface area contributed by atoms with Crippen molar-refractivity contribution in [2.45, 2.75) is 33.1 Å². The van der Waals surface area contributed by atoms with Crippen LogP contribution in [0.15, 0.2) is 0 Å². The maximum atomic E-state index is 11.6. The third-order valence-corrected chi connectivity index (χ3v) is 2.90. The summed E-state index contributed by atoms with van der Waals surface area (Å²) in [6, 6.07) is 0. The van der Waals surface area contributed by atoms with Gasteiger partial charge in [0, 0.05) is 13.0 Å². The van der Waals surface area contributed by atoms with Gasteiger partial charge in [0.05, 0.1) is 11.5 Å². The fourth-order valence-electron chi connectivity index (χ4n) is 1.65. The Hall–Kier alpha value is -0.640. The average Bonchev–Trinajstić information content (AvgIpc) is 2.17. The molecule has 0 bridgehead atoms. The van der Waals surface area contributed by atoms with E-state index in [1.54, 1.807) is 4.90 Å². The van der Waals surface area contributed by atoms with Crippen molar-refractivity contribution in [3.05, 3.63) is 0 Å². The van der Waals surface area contributed by atoms with E-state index in [4.69, 9.17) is 18.0 Å². The number of hydrogen-bond acceptors (Lipinski definition) is 2. The molecule has 4 heteroatoms. The first-order chi connectivity index (χ1) is 6.41. The minimum Gasteiger partial charge on any atom is -0.392 e. The minimum atomic E-state index is 0.184. The van der Waals surface area contributed by atoms with Gasteiger partial charge in [-0.05, 0) is 18.3 Å². The predicted molar refractivity (Wildman–Crippen MR) is 61.0 cm³/mol. The minimum absolute atomic E-state index is 0.184. The van der Waals surface area contributed by atoms with E-state index in [0.717, 1.165) is 19.4 Å². The van der Waals surface area contributed by atoms with E-state index in [9.17, 15) is 4.79 Å². The molecule has 14 heavy (non-hydrogen) atoms. The first-order valence-corrected chi connectivity index (χ1v) is 5.38. The van der Waals surface area contributed by atoms with E-state index in [2.05, 4.69) is 13.8 Å². The van der Waals surface area contributed by atoms with Gasteiger partial charge in [-0.2, -0.15) is 0 Å². The molecule has 0 atom stereocenters. The third-order valence-electron chi connectivity index (χ3n) is 2.77. The van der Waals surface area contributed by atoms with Gasteiger partial charge < -0.3 is 10.6 Å². The highest BCUT2D eigenvalue weighted by molar-refractivity contribution is 7.80. The van der Waals surface area contributed by atoms with Crippen molar-refractivity contribution in [1.82, 2.24) is 4.90 Å². The lowest BCUT2D eigenvalue weighted by Crippen LogP contribution is -2.37. The van der Waals surface area contributed by atoms with Crippen LogP contribution in [0.5, 0.6) is 0 Å². The standard InChI is InChI=1S/C10H18N2OS/c1-10(2)4-3-9(13)12(6-5-10)7-8(11)14/h3-7H2,1-2H3,(H2,11,14). The molecule has 0 unspecified atom stereocenters. The van der Waals surface area contributed by atoms with E-state index in [0.29, 0.717) is 18.0 Å². The summed E-state index contributed by atoms with van der Waals surface area (Å²) in [5.41, 5.74) is 5.71. The summed E-state index contributed by atoms with van der Waals surface area (Å²) in [5.74, 6) is 0.184. The number of carbonyl (C=O) groups is 1. The smallest absolute Gasteiger partial charge is 0.222 e. The van der Waals surface area contributed by atoms with E-state index in [1.165, 1.54) is 0 Å². The predicted octanol–water partition coefficient (Wildman–Crippen LogP) is 1.31. The van der Waals surface area contributed by atoms with Crippen LogP contribution in [0.1, 0.15) is 33.1 Å². The van der Waals surface area contributed by atoms with Gasteiger partial charge >= 0.3 is 0 Å². The van der Waals surface area contributed by atoms with Crippen LogP contribution in [-0.4, -0.2) is 28.9 Å². The highest BCUT2D eigenvalue weighted by atomic mass is 32.1. The van der Waals surface area contributed by atoms with E-state index < -0.39 is 0 Å². The highest BCUT2D eigenvalue weighted by Crippen LogP contribution is 2.30. The molecule has 3 nitrogen and oxygen atoms in total. The lowest BCUT2D eigenvalue weighted by Gasteiger charge is -2.22. The molecule has 0 spiro atoms. The maximum Gasteiger partial charge on any atom is 0.222 e. The summed E-state index contributed by atoms with van der Waals surface area (Å²) in [6.45, 7) is 5.61. The Morgan fingerprint density at radius 2 is 2.21 bits per heavy atom. The van der Waals surface area contributed by atoms with E-state index >= 15 is 0 Å².